The lowest BCUT2D eigenvalue weighted by molar-refractivity contribution is -0.0660. The molecule has 0 radical (unpaired) electrons. The average Bonchev–Trinajstić information content (AvgIpc) is 2.63. The van der Waals surface area contributed by atoms with Crippen LogP contribution < -0.4 is 15.0 Å². The summed E-state index contributed by atoms with van der Waals surface area (Å²) in [5.41, 5.74) is 1.48. The number of pyridine rings is 1. The van der Waals surface area contributed by atoms with Crippen LogP contribution in [0.25, 0.3) is 11.1 Å². The van der Waals surface area contributed by atoms with Gasteiger partial charge in [-0.1, -0.05) is 12.1 Å². The number of rotatable bonds is 6. The summed E-state index contributed by atoms with van der Waals surface area (Å²) < 4.78 is 60.3. The van der Waals surface area contributed by atoms with E-state index in [1.54, 1.807) is 37.5 Å². The van der Waals surface area contributed by atoms with E-state index < -0.39 is 34.3 Å². The van der Waals surface area contributed by atoms with Crippen molar-refractivity contribution in [3.05, 3.63) is 52.9 Å². The van der Waals surface area contributed by atoms with Crippen LogP contribution in [0.15, 0.2) is 47.4 Å². The minimum atomic E-state index is -3.50. The molecule has 2 atom stereocenters. The highest BCUT2D eigenvalue weighted by atomic mass is 32.2. The highest BCUT2D eigenvalue weighted by Gasteiger charge is 2.42. The molecule has 1 aliphatic rings. The smallest absolute Gasteiger partial charge is 0.250 e. The van der Waals surface area contributed by atoms with Gasteiger partial charge in [0.15, 0.2) is 0 Å². The fourth-order valence-electron chi connectivity index (χ4n) is 3.51. The third kappa shape index (κ3) is 5.86. The molecule has 1 aliphatic carbocycles. The number of nitrogens with zero attached hydrogens (tertiary/aromatic N) is 1. The maximum atomic E-state index is 13.8. The van der Waals surface area contributed by atoms with Gasteiger partial charge in [-0.2, -0.15) is 0 Å². The van der Waals surface area contributed by atoms with Crippen LogP contribution in [0.1, 0.15) is 19.3 Å². The van der Waals surface area contributed by atoms with E-state index in [4.69, 9.17) is 4.74 Å². The van der Waals surface area contributed by atoms with Gasteiger partial charge >= 0.3 is 0 Å². The number of benzene rings is 1. The molecular weight excluding hydrogens is 402 g/mol. The molecule has 1 aromatic carbocycles. The van der Waals surface area contributed by atoms with E-state index in [2.05, 4.69) is 4.72 Å². The van der Waals surface area contributed by atoms with Crippen molar-refractivity contribution in [3.8, 4) is 16.9 Å². The van der Waals surface area contributed by atoms with Crippen LogP contribution >= 0.6 is 0 Å². The summed E-state index contributed by atoms with van der Waals surface area (Å²) in [5.74, 6) is -2.97. The number of sulfonamides is 1. The monoisotopic (exact) mass is 426 g/mol. The predicted molar refractivity (Wildman–Crippen MR) is 107 cm³/mol. The van der Waals surface area contributed by atoms with Gasteiger partial charge in [-0.15, -0.1) is 0 Å². The molecule has 1 saturated carbocycles. The molecule has 0 amide bonds. The van der Waals surface area contributed by atoms with Crippen molar-refractivity contribution in [2.24, 2.45) is 13.0 Å². The second-order valence-corrected chi connectivity index (χ2v) is 9.34. The molecule has 6 nitrogen and oxygen atoms in total. The number of aryl methyl sites for hydroxylation is 1. The number of ether oxygens (including phenoxy) is 1. The molecule has 1 heterocycles. The SMILES string of the molecule is Cn1ccc(-c2ccc(OC[C@@H]3CC(F)(F)CC[C@@H]3NS(C)(=O)=O)cc2)cc1=O. The standard InChI is InChI=1S/C20H24F2N2O4S/c1-24-10-8-15(11-19(24)25)14-3-5-17(6-4-14)28-13-16-12-20(21,22)9-7-18(16)23-29(2,26)27/h3-6,8,10-11,16,18,23H,7,9,12-13H2,1-2H3/t16-,18-/m0/s1. The number of alkyl halides is 2. The zero-order valence-corrected chi connectivity index (χ0v) is 17.1. The number of hydrogen-bond acceptors (Lipinski definition) is 4. The molecule has 29 heavy (non-hydrogen) atoms. The largest absolute Gasteiger partial charge is 0.493 e. The van der Waals surface area contributed by atoms with E-state index in [9.17, 15) is 22.0 Å². The first-order valence-electron chi connectivity index (χ1n) is 9.27. The number of nitrogens with one attached hydrogen (secondary N) is 1. The van der Waals surface area contributed by atoms with Gasteiger partial charge in [-0.3, -0.25) is 4.79 Å². The Bertz CT molecular complexity index is 1020. The third-order valence-corrected chi connectivity index (χ3v) is 5.80. The van der Waals surface area contributed by atoms with Crippen molar-refractivity contribution in [2.75, 3.05) is 12.9 Å². The molecule has 3 rings (SSSR count). The quantitative estimate of drug-likeness (QED) is 0.771. The zero-order valence-electron chi connectivity index (χ0n) is 16.3. The van der Waals surface area contributed by atoms with Crippen molar-refractivity contribution in [1.82, 2.24) is 9.29 Å². The Morgan fingerprint density at radius 2 is 1.90 bits per heavy atom. The fraction of sp³-hybridized carbons (Fsp3) is 0.450. The van der Waals surface area contributed by atoms with Crippen molar-refractivity contribution in [3.63, 3.8) is 0 Å². The van der Waals surface area contributed by atoms with Crippen molar-refractivity contribution in [1.29, 1.82) is 0 Å². The molecule has 1 N–H and O–H groups in total. The highest BCUT2D eigenvalue weighted by molar-refractivity contribution is 7.88. The minimum absolute atomic E-state index is 0.0198. The van der Waals surface area contributed by atoms with E-state index >= 15 is 0 Å². The summed E-state index contributed by atoms with van der Waals surface area (Å²) in [7, 11) is -1.83. The van der Waals surface area contributed by atoms with Crippen molar-refractivity contribution < 1.29 is 21.9 Å². The number of hydrogen-bond donors (Lipinski definition) is 1. The molecule has 0 aliphatic heterocycles. The van der Waals surface area contributed by atoms with E-state index in [1.165, 1.54) is 10.6 Å². The molecule has 0 unspecified atom stereocenters. The van der Waals surface area contributed by atoms with Crippen LogP contribution in [0.2, 0.25) is 0 Å². The lowest BCUT2D eigenvalue weighted by atomic mass is 9.83. The topological polar surface area (TPSA) is 77.4 Å². The number of aromatic nitrogens is 1. The van der Waals surface area contributed by atoms with Gasteiger partial charge in [-0.05, 0) is 35.7 Å². The summed E-state index contributed by atoms with van der Waals surface area (Å²) in [6.07, 6.45) is 2.00. The van der Waals surface area contributed by atoms with Crippen LogP contribution in [0.3, 0.4) is 0 Å². The Hall–Kier alpha value is -2.26. The molecular formula is C20H24F2N2O4S. The normalized spacial score (nSPS) is 21.7. The van der Waals surface area contributed by atoms with E-state index in [1.807, 2.05) is 6.07 Å². The first-order valence-corrected chi connectivity index (χ1v) is 11.2. The minimum Gasteiger partial charge on any atom is -0.493 e. The summed E-state index contributed by atoms with van der Waals surface area (Å²) in [6.45, 7) is -0.0198. The van der Waals surface area contributed by atoms with Gasteiger partial charge in [0.05, 0.1) is 12.9 Å². The van der Waals surface area contributed by atoms with Gasteiger partial charge in [0.2, 0.25) is 15.9 Å². The molecule has 1 aromatic heterocycles. The summed E-state index contributed by atoms with van der Waals surface area (Å²) in [4.78, 5) is 11.8. The summed E-state index contributed by atoms with van der Waals surface area (Å²) >= 11 is 0. The van der Waals surface area contributed by atoms with Gasteiger partial charge in [0, 0.05) is 44.1 Å². The lowest BCUT2D eigenvalue weighted by Gasteiger charge is -2.35. The molecule has 2 aromatic rings. The van der Waals surface area contributed by atoms with Crippen LogP contribution in [-0.4, -0.2) is 37.8 Å². The maximum absolute atomic E-state index is 13.8. The van der Waals surface area contributed by atoms with Crippen molar-refractivity contribution in [2.45, 2.75) is 31.2 Å². The maximum Gasteiger partial charge on any atom is 0.250 e. The van der Waals surface area contributed by atoms with Gasteiger partial charge in [0.1, 0.15) is 5.75 Å². The summed E-state index contributed by atoms with van der Waals surface area (Å²) in [6, 6.07) is 9.74. The molecule has 1 fully saturated rings. The van der Waals surface area contributed by atoms with E-state index in [-0.39, 0.29) is 25.0 Å². The van der Waals surface area contributed by atoms with Gasteiger partial charge < -0.3 is 9.30 Å². The molecule has 0 saturated heterocycles. The molecule has 9 heteroatoms. The molecule has 0 bridgehead atoms. The first kappa shape index (κ1) is 21.4. The Balaban J connectivity index is 1.68. The molecule has 158 valence electrons. The Kier molecular flexibility index (Phi) is 6.09. The van der Waals surface area contributed by atoms with Crippen LogP contribution in [-0.2, 0) is 17.1 Å². The van der Waals surface area contributed by atoms with E-state index in [0.717, 1.165) is 17.4 Å². The molecule has 0 spiro atoms. The van der Waals surface area contributed by atoms with Crippen LogP contribution in [0.5, 0.6) is 5.75 Å². The highest BCUT2D eigenvalue weighted by Crippen LogP contribution is 2.37. The lowest BCUT2D eigenvalue weighted by Crippen LogP contribution is -2.48. The van der Waals surface area contributed by atoms with Crippen LogP contribution in [0.4, 0.5) is 8.78 Å². The van der Waals surface area contributed by atoms with Gasteiger partial charge in [-0.25, -0.2) is 21.9 Å². The van der Waals surface area contributed by atoms with Crippen molar-refractivity contribution >= 4 is 10.0 Å². The third-order valence-electron chi connectivity index (χ3n) is 5.07. The first-order chi connectivity index (χ1) is 13.5. The zero-order chi connectivity index (χ0) is 21.2. The number of halogens is 2. The average molecular weight is 426 g/mol. The Morgan fingerprint density at radius 1 is 1.21 bits per heavy atom. The fourth-order valence-corrected chi connectivity index (χ4v) is 4.37. The summed E-state index contributed by atoms with van der Waals surface area (Å²) in [5, 5.41) is 0. The Morgan fingerprint density at radius 3 is 2.52 bits per heavy atom. The second-order valence-electron chi connectivity index (χ2n) is 7.56. The van der Waals surface area contributed by atoms with Gasteiger partial charge in [0.25, 0.3) is 5.56 Å². The van der Waals surface area contributed by atoms with E-state index in [0.29, 0.717) is 5.75 Å². The Labute approximate surface area is 168 Å². The van der Waals surface area contributed by atoms with Crippen LogP contribution in [0, 0.1) is 5.92 Å². The second kappa shape index (κ2) is 8.23. The predicted octanol–water partition coefficient (Wildman–Crippen LogP) is 2.78.